The lowest BCUT2D eigenvalue weighted by Crippen LogP contribution is -2.14. The van der Waals surface area contributed by atoms with Crippen LogP contribution in [0.2, 0.25) is 0 Å². The smallest absolute Gasteiger partial charge is 0.251 e. The fourth-order valence-electron chi connectivity index (χ4n) is 2.90. The van der Waals surface area contributed by atoms with Crippen LogP contribution in [0.3, 0.4) is 0 Å². The van der Waals surface area contributed by atoms with Gasteiger partial charge in [0.05, 0.1) is 5.52 Å². The number of rotatable bonds is 5. The summed E-state index contributed by atoms with van der Waals surface area (Å²) in [6.07, 6.45) is 0.256. The number of fused-ring (bicyclic) bond motifs is 1. The van der Waals surface area contributed by atoms with E-state index < -0.39 is 0 Å². The van der Waals surface area contributed by atoms with E-state index in [4.69, 9.17) is 0 Å². The lowest BCUT2D eigenvalue weighted by Gasteiger charge is -2.08. The second kappa shape index (κ2) is 7.58. The van der Waals surface area contributed by atoms with Gasteiger partial charge in [0.15, 0.2) is 5.78 Å². The van der Waals surface area contributed by atoms with Gasteiger partial charge in [0.1, 0.15) is 0 Å². The quantitative estimate of drug-likeness (QED) is 0.672. The number of anilines is 1. The van der Waals surface area contributed by atoms with Crippen molar-refractivity contribution in [3.05, 3.63) is 75.1 Å². The molecule has 0 aliphatic rings. The number of aromatic amines is 1. The van der Waals surface area contributed by atoms with Gasteiger partial charge in [-0.3, -0.25) is 14.4 Å². The number of carbonyl (C=O) groups excluding carboxylic acids is 2. The summed E-state index contributed by atoms with van der Waals surface area (Å²) in [6.45, 7) is 5.71. The highest BCUT2D eigenvalue weighted by Gasteiger charge is 2.11. The van der Waals surface area contributed by atoms with E-state index in [2.05, 4.69) is 10.3 Å². The first-order chi connectivity index (χ1) is 12.8. The second-order valence-electron chi connectivity index (χ2n) is 6.85. The Morgan fingerprint density at radius 1 is 0.889 bits per heavy atom. The first kappa shape index (κ1) is 18.6. The van der Waals surface area contributed by atoms with Gasteiger partial charge in [0.25, 0.3) is 5.56 Å². The van der Waals surface area contributed by atoms with Crippen LogP contribution in [0.25, 0.3) is 10.9 Å². The molecule has 5 nitrogen and oxygen atoms in total. The van der Waals surface area contributed by atoms with Crippen LogP contribution in [0.4, 0.5) is 5.69 Å². The minimum absolute atomic E-state index is 0.0495. The number of aromatic nitrogens is 1. The van der Waals surface area contributed by atoms with Gasteiger partial charge in [0.2, 0.25) is 5.91 Å². The number of hydrogen-bond acceptors (Lipinski definition) is 3. The van der Waals surface area contributed by atoms with Gasteiger partial charge in [-0.1, -0.05) is 18.2 Å². The molecule has 1 aromatic heterocycles. The van der Waals surface area contributed by atoms with E-state index in [9.17, 15) is 14.4 Å². The summed E-state index contributed by atoms with van der Waals surface area (Å²) in [4.78, 5) is 39.0. The van der Waals surface area contributed by atoms with Gasteiger partial charge >= 0.3 is 0 Å². The van der Waals surface area contributed by atoms with E-state index in [1.807, 2.05) is 38.1 Å². The highest BCUT2D eigenvalue weighted by Crippen LogP contribution is 2.18. The molecule has 138 valence electrons. The summed E-state index contributed by atoms with van der Waals surface area (Å²) < 4.78 is 0. The van der Waals surface area contributed by atoms with E-state index in [1.54, 1.807) is 25.1 Å². The van der Waals surface area contributed by atoms with Gasteiger partial charge in [0, 0.05) is 29.7 Å². The number of nitrogens with one attached hydrogen (secondary N) is 2. The maximum Gasteiger partial charge on any atom is 0.251 e. The number of aryl methyl sites for hydroxylation is 3. The zero-order valence-electron chi connectivity index (χ0n) is 15.7. The molecule has 2 aromatic carbocycles. The standard InChI is InChI=1S/C22H22N2O3/c1-13-4-5-17(10-14(13)2)20(25)8-9-21(26)23-18-7-6-16-11-15(3)22(27)24-19(16)12-18/h4-7,10-12H,8-9H2,1-3H3,(H,23,26)(H,24,27). The minimum Gasteiger partial charge on any atom is -0.326 e. The molecule has 0 spiro atoms. The van der Waals surface area contributed by atoms with E-state index in [1.165, 1.54) is 0 Å². The van der Waals surface area contributed by atoms with E-state index in [0.717, 1.165) is 16.5 Å². The number of amides is 1. The number of hydrogen-bond donors (Lipinski definition) is 2. The van der Waals surface area contributed by atoms with Crippen molar-refractivity contribution in [2.24, 2.45) is 0 Å². The number of H-pyrrole nitrogens is 1. The third-order valence-corrected chi connectivity index (χ3v) is 4.72. The van der Waals surface area contributed by atoms with E-state index in [0.29, 0.717) is 22.3 Å². The third kappa shape index (κ3) is 4.31. The van der Waals surface area contributed by atoms with Crippen LogP contribution >= 0.6 is 0 Å². The lowest BCUT2D eigenvalue weighted by molar-refractivity contribution is -0.116. The van der Waals surface area contributed by atoms with Gasteiger partial charge in [-0.15, -0.1) is 0 Å². The average Bonchev–Trinajstić information content (AvgIpc) is 2.63. The third-order valence-electron chi connectivity index (χ3n) is 4.72. The summed E-state index contributed by atoms with van der Waals surface area (Å²) >= 11 is 0. The first-order valence-electron chi connectivity index (χ1n) is 8.87. The zero-order chi connectivity index (χ0) is 19.6. The molecular weight excluding hydrogens is 340 g/mol. The zero-order valence-corrected chi connectivity index (χ0v) is 15.7. The van der Waals surface area contributed by atoms with Crippen LogP contribution in [0, 0.1) is 20.8 Å². The molecule has 27 heavy (non-hydrogen) atoms. The van der Waals surface area contributed by atoms with E-state index in [-0.39, 0.29) is 30.1 Å². The summed E-state index contributed by atoms with van der Waals surface area (Å²) in [5.74, 6) is -0.285. The highest BCUT2D eigenvalue weighted by molar-refractivity contribution is 6.00. The normalized spacial score (nSPS) is 10.8. The Balaban J connectivity index is 1.64. The SMILES string of the molecule is Cc1ccc(C(=O)CCC(=O)Nc2ccc3cc(C)c(=O)[nH]c3c2)cc1C. The average molecular weight is 362 g/mol. The fourth-order valence-corrected chi connectivity index (χ4v) is 2.90. The van der Waals surface area contributed by atoms with E-state index >= 15 is 0 Å². The van der Waals surface area contributed by atoms with Crippen LogP contribution < -0.4 is 10.9 Å². The Hall–Kier alpha value is -3.21. The number of benzene rings is 2. The monoisotopic (exact) mass is 362 g/mol. The summed E-state index contributed by atoms with van der Waals surface area (Å²) in [7, 11) is 0. The molecule has 1 heterocycles. The molecule has 0 fully saturated rings. The van der Waals surface area contributed by atoms with Crippen molar-refractivity contribution in [2.75, 3.05) is 5.32 Å². The molecule has 0 saturated carbocycles. The molecule has 0 saturated heterocycles. The Labute approximate surface area is 157 Å². The van der Waals surface area contributed by atoms with Crippen LogP contribution in [-0.2, 0) is 4.79 Å². The number of Topliss-reactive ketones (excluding diaryl/α,β-unsaturated/α-hetero) is 1. The summed E-state index contributed by atoms with van der Waals surface area (Å²) in [6, 6.07) is 12.7. The highest BCUT2D eigenvalue weighted by atomic mass is 16.2. The largest absolute Gasteiger partial charge is 0.326 e. The molecule has 0 aliphatic carbocycles. The van der Waals surface area contributed by atoms with Crippen molar-refractivity contribution in [1.82, 2.24) is 4.98 Å². The molecule has 0 aliphatic heterocycles. The number of carbonyl (C=O) groups is 2. The predicted octanol–water partition coefficient (Wildman–Crippen LogP) is 4.05. The second-order valence-corrected chi connectivity index (χ2v) is 6.85. The topological polar surface area (TPSA) is 79.0 Å². The predicted molar refractivity (Wildman–Crippen MR) is 107 cm³/mol. The van der Waals surface area contributed by atoms with Crippen molar-refractivity contribution in [3.63, 3.8) is 0 Å². The molecule has 2 N–H and O–H groups in total. The maximum atomic E-state index is 12.3. The van der Waals surface area contributed by atoms with Crippen LogP contribution in [-0.4, -0.2) is 16.7 Å². The van der Waals surface area contributed by atoms with Crippen LogP contribution in [0.1, 0.15) is 39.9 Å². The fraction of sp³-hybridized carbons (Fsp3) is 0.227. The summed E-state index contributed by atoms with van der Waals surface area (Å²) in [5.41, 5.74) is 4.57. The number of ketones is 1. The van der Waals surface area contributed by atoms with Gasteiger partial charge in [-0.05, 0) is 61.5 Å². The molecule has 1 amide bonds. The maximum absolute atomic E-state index is 12.3. The molecule has 0 atom stereocenters. The Bertz CT molecular complexity index is 1100. The molecular formula is C22H22N2O3. The van der Waals surface area contributed by atoms with Crippen molar-refractivity contribution in [1.29, 1.82) is 0 Å². The Kier molecular flexibility index (Phi) is 5.21. The number of pyridine rings is 1. The first-order valence-corrected chi connectivity index (χ1v) is 8.87. The molecule has 0 radical (unpaired) electrons. The Morgan fingerprint density at radius 2 is 1.67 bits per heavy atom. The molecule has 3 aromatic rings. The molecule has 3 rings (SSSR count). The van der Waals surface area contributed by atoms with Gasteiger partial charge in [-0.25, -0.2) is 0 Å². The van der Waals surface area contributed by atoms with Crippen molar-refractivity contribution in [3.8, 4) is 0 Å². The molecule has 5 heteroatoms. The van der Waals surface area contributed by atoms with Crippen LogP contribution in [0.15, 0.2) is 47.3 Å². The lowest BCUT2D eigenvalue weighted by atomic mass is 10.0. The van der Waals surface area contributed by atoms with Gasteiger partial charge < -0.3 is 10.3 Å². The van der Waals surface area contributed by atoms with Crippen molar-refractivity contribution in [2.45, 2.75) is 33.6 Å². The van der Waals surface area contributed by atoms with Crippen molar-refractivity contribution < 1.29 is 9.59 Å². The van der Waals surface area contributed by atoms with Gasteiger partial charge in [-0.2, -0.15) is 0 Å². The molecule has 0 bridgehead atoms. The minimum atomic E-state index is -0.235. The summed E-state index contributed by atoms with van der Waals surface area (Å²) in [5, 5.41) is 3.68. The molecule has 0 unspecified atom stereocenters. The van der Waals surface area contributed by atoms with Crippen LogP contribution in [0.5, 0.6) is 0 Å². The van der Waals surface area contributed by atoms with Crippen molar-refractivity contribution >= 4 is 28.3 Å². The Morgan fingerprint density at radius 3 is 2.41 bits per heavy atom.